The van der Waals surface area contributed by atoms with Crippen LogP contribution >= 0.6 is 0 Å². The first-order chi connectivity index (χ1) is 31.1. The van der Waals surface area contributed by atoms with Gasteiger partial charge in [-0.2, -0.15) is 8.78 Å². The standard InChI is InChI=1S/C49H54F2N8O6/c1-24(2)39(56-46(62)64-5)44(60)58-23-48(15-16-48)21-38(58)42-52-22-37(55-42)28-9-13-32-31-12-8-26(18-33(31)49(50,51)34(32)19-28)27-10-14-35-36(20-27)54-43(53-35)41-29-7-11-30(17-29)59(41)45(61)40(25(3)4)57-47(63)65-6/h8-10,12-14,18-20,22,24-25,29-30,38-41H,7,11,15-17,21,23H2,1-6H3,(H,52,55)(H,53,54)(H,56,62)(H,57,63)/t29-,30?,38?,39?,40?,41-/m0/s1. The fourth-order valence-corrected chi connectivity index (χ4v) is 11.0. The molecule has 6 atom stereocenters. The molecule has 14 nitrogen and oxygen atoms in total. The smallest absolute Gasteiger partial charge is 0.407 e. The monoisotopic (exact) mass is 888 g/mol. The number of alkyl halides is 2. The zero-order valence-electron chi connectivity index (χ0n) is 37.3. The number of hydrogen-bond donors (Lipinski definition) is 4. The van der Waals surface area contributed by atoms with Crippen molar-refractivity contribution in [2.45, 2.75) is 102 Å². The van der Waals surface area contributed by atoms with E-state index in [9.17, 15) is 19.2 Å². The molecule has 4 N–H and O–H groups in total. The maximum Gasteiger partial charge on any atom is 0.407 e. The number of nitrogens with one attached hydrogen (secondary N) is 4. The number of nitrogens with zero attached hydrogens (tertiary/aromatic N) is 4. The predicted octanol–water partition coefficient (Wildman–Crippen LogP) is 8.61. The van der Waals surface area contributed by atoms with Gasteiger partial charge in [-0.15, -0.1) is 0 Å². The van der Waals surface area contributed by atoms with E-state index in [1.54, 1.807) is 29.3 Å². The molecule has 340 valence electrons. The Labute approximate surface area is 375 Å². The van der Waals surface area contributed by atoms with E-state index in [4.69, 9.17) is 19.4 Å². The molecule has 65 heavy (non-hydrogen) atoms. The third-order valence-electron chi connectivity index (χ3n) is 14.7. The number of fused-ring (bicyclic) bond motifs is 6. The summed E-state index contributed by atoms with van der Waals surface area (Å²) in [5.74, 6) is -2.53. The van der Waals surface area contributed by atoms with E-state index in [0.29, 0.717) is 51.7 Å². The van der Waals surface area contributed by atoms with E-state index < -0.39 is 30.2 Å². The second-order valence-corrected chi connectivity index (χ2v) is 19.4. The fraction of sp³-hybridized carbons (Fsp3) is 0.469. The van der Waals surface area contributed by atoms with E-state index in [2.05, 4.69) is 20.6 Å². The van der Waals surface area contributed by atoms with Crippen LogP contribution < -0.4 is 10.6 Å². The molecule has 4 unspecified atom stereocenters. The van der Waals surface area contributed by atoms with Crippen LogP contribution in [0.5, 0.6) is 0 Å². The summed E-state index contributed by atoms with van der Waals surface area (Å²) in [6.45, 7) is 8.09. The number of benzene rings is 3. The minimum absolute atomic E-state index is 0.0102. The summed E-state index contributed by atoms with van der Waals surface area (Å²) in [7, 11) is 2.54. The van der Waals surface area contributed by atoms with Crippen molar-refractivity contribution >= 4 is 35.0 Å². The molecule has 2 aromatic heterocycles. The van der Waals surface area contributed by atoms with Gasteiger partial charge in [-0.3, -0.25) is 9.59 Å². The molecule has 16 heteroatoms. The molecule has 2 saturated heterocycles. The number of alkyl carbamates (subject to hydrolysis) is 2. The van der Waals surface area contributed by atoms with E-state index in [1.807, 2.05) is 62.9 Å². The fourth-order valence-electron chi connectivity index (χ4n) is 11.0. The van der Waals surface area contributed by atoms with Crippen molar-refractivity contribution < 1.29 is 37.4 Å². The lowest BCUT2D eigenvalue weighted by molar-refractivity contribution is -0.139. The van der Waals surface area contributed by atoms with Crippen LogP contribution in [0.25, 0.3) is 44.5 Å². The Hall–Kier alpha value is -6.32. The van der Waals surface area contributed by atoms with Gasteiger partial charge in [0, 0.05) is 29.3 Å². The Morgan fingerprint density at radius 3 is 2.05 bits per heavy atom. The largest absolute Gasteiger partial charge is 0.453 e. The van der Waals surface area contributed by atoms with Crippen LogP contribution in [0.15, 0.2) is 60.8 Å². The number of halogens is 2. The Balaban J connectivity index is 0.896. The lowest BCUT2D eigenvalue weighted by Gasteiger charge is -2.37. The van der Waals surface area contributed by atoms with Gasteiger partial charge in [0.05, 0.1) is 49.2 Å². The Morgan fingerprint density at radius 1 is 0.785 bits per heavy atom. The Kier molecular flexibility index (Phi) is 10.3. The van der Waals surface area contributed by atoms with Crippen molar-refractivity contribution in [3.8, 4) is 33.5 Å². The second kappa shape index (κ2) is 15.7. The van der Waals surface area contributed by atoms with Crippen molar-refractivity contribution in [1.82, 2.24) is 40.4 Å². The van der Waals surface area contributed by atoms with Gasteiger partial charge < -0.3 is 39.9 Å². The van der Waals surface area contributed by atoms with Crippen molar-refractivity contribution in [1.29, 1.82) is 0 Å². The molecule has 3 aromatic carbocycles. The zero-order chi connectivity index (χ0) is 45.7. The molecule has 3 aliphatic carbocycles. The highest BCUT2D eigenvalue weighted by Crippen LogP contribution is 2.59. The van der Waals surface area contributed by atoms with Gasteiger partial charge in [-0.25, -0.2) is 19.6 Å². The summed E-state index contributed by atoms with van der Waals surface area (Å²) in [4.78, 5) is 72.6. The normalized spacial score (nSPS) is 22.9. The van der Waals surface area contributed by atoms with Crippen LogP contribution in [0, 0.1) is 23.2 Å². The highest BCUT2D eigenvalue weighted by molar-refractivity contribution is 5.89. The third kappa shape index (κ3) is 7.19. The molecule has 1 spiro atoms. The lowest BCUT2D eigenvalue weighted by Crippen LogP contribution is -2.54. The average Bonchev–Trinajstić information content (AvgIpc) is 3.95. The van der Waals surface area contributed by atoms with Gasteiger partial charge in [0.15, 0.2) is 0 Å². The quantitative estimate of drug-likeness (QED) is 0.108. The van der Waals surface area contributed by atoms with Gasteiger partial charge in [-0.1, -0.05) is 58.0 Å². The number of H-pyrrole nitrogens is 2. The van der Waals surface area contributed by atoms with Crippen molar-refractivity contribution in [3.63, 3.8) is 0 Å². The number of methoxy groups -OCH3 is 2. The first-order valence-electron chi connectivity index (χ1n) is 22.6. The summed E-state index contributed by atoms with van der Waals surface area (Å²) in [5.41, 5.74) is 4.68. The number of ether oxygens (including phenoxy) is 2. The molecule has 10 rings (SSSR count). The number of carbonyl (C=O) groups is 4. The molecule has 4 heterocycles. The van der Waals surface area contributed by atoms with Crippen molar-refractivity contribution in [3.05, 3.63) is 83.6 Å². The molecule has 2 aliphatic heterocycles. The number of amides is 4. The third-order valence-corrected chi connectivity index (χ3v) is 14.7. The first kappa shape index (κ1) is 42.6. The summed E-state index contributed by atoms with van der Waals surface area (Å²) >= 11 is 0. The van der Waals surface area contributed by atoms with E-state index in [0.717, 1.165) is 49.6 Å². The molecule has 2 saturated carbocycles. The molecule has 4 amide bonds. The number of piperidine rings is 1. The molecular weight excluding hydrogens is 835 g/mol. The summed E-state index contributed by atoms with van der Waals surface area (Å²) in [6.07, 6.45) is 5.75. The molecule has 5 aliphatic rings. The van der Waals surface area contributed by atoms with Gasteiger partial charge in [-0.05, 0) is 108 Å². The lowest BCUT2D eigenvalue weighted by atomic mass is 9.95. The number of aromatic nitrogens is 4. The number of carbonyl (C=O) groups excluding carboxylic acids is 4. The number of likely N-dealkylation sites (tertiary alicyclic amines) is 2. The van der Waals surface area contributed by atoms with Crippen LogP contribution in [0.3, 0.4) is 0 Å². The predicted molar refractivity (Wildman–Crippen MR) is 237 cm³/mol. The minimum atomic E-state index is -3.29. The first-order valence-corrected chi connectivity index (χ1v) is 22.6. The topological polar surface area (TPSA) is 175 Å². The van der Waals surface area contributed by atoms with Gasteiger partial charge in [0.1, 0.15) is 23.7 Å². The van der Waals surface area contributed by atoms with Gasteiger partial charge in [0.25, 0.3) is 5.92 Å². The van der Waals surface area contributed by atoms with Crippen molar-refractivity contribution in [2.75, 3.05) is 20.8 Å². The van der Waals surface area contributed by atoms with E-state index in [-0.39, 0.29) is 64.2 Å². The van der Waals surface area contributed by atoms with Crippen LogP contribution in [0.4, 0.5) is 18.4 Å². The van der Waals surface area contributed by atoms with E-state index in [1.165, 1.54) is 20.3 Å². The molecule has 0 radical (unpaired) electrons. The van der Waals surface area contributed by atoms with Crippen LogP contribution in [0.2, 0.25) is 0 Å². The van der Waals surface area contributed by atoms with Gasteiger partial charge >= 0.3 is 12.2 Å². The maximum atomic E-state index is 16.7. The zero-order valence-corrected chi connectivity index (χ0v) is 37.3. The second-order valence-electron chi connectivity index (χ2n) is 19.4. The Bertz CT molecular complexity index is 2740. The minimum Gasteiger partial charge on any atom is -0.453 e. The van der Waals surface area contributed by atoms with E-state index >= 15 is 8.78 Å². The van der Waals surface area contributed by atoms with Crippen molar-refractivity contribution in [2.24, 2.45) is 23.2 Å². The molecule has 5 aromatic rings. The average molecular weight is 889 g/mol. The molecular formula is C49H54F2N8O6. The highest BCUT2D eigenvalue weighted by atomic mass is 19.3. The Morgan fingerprint density at radius 2 is 1.40 bits per heavy atom. The summed E-state index contributed by atoms with van der Waals surface area (Å²) in [6, 6.07) is 13.8. The van der Waals surface area contributed by atoms with Crippen LogP contribution in [-0.4, -0.2) is 92.6 Å². The number of hydrogen-bond acceptors (Lipinski definition) is 8. The summed E-state index contributed by atoms with van der Waals surface area (Å²) in [5, 5.41) is 5.43. The SMILES string of the molecule is COC(=O)NC(C(=O)N1CC2(CC2)CC1c1ncc(-c2ccc3c(c2)C(F)(F)c2cc(-c4ccc5nc([C@@H]6[C@H]7CCC(C7)N6C(=O)C(NC(=O)OC)C(C)C)[nH]c5c4)ccc2-3)[nH]1)C(C)C. The molecule has 2 bridgehead atoms. The maximum absolute atomic E-state index is 16.7. The van der Waals surface area contributed by atoms with Gasteiger partial charge in [0.2, 0.25) is 11.8 Å². The number of aromatic amines is 2. The number of rotatable bonds is 10. The molecule has 4 fully saturated rings. The number of imidazole rings is 2. The van der Waals surface area contributed by atoms with Crippen LogP contribution in [-0.2, 0) is 25.0 Å². The van der Waals surface area contributed by atoms with Crippen LogP contribution in [0.1, 0.15) is 101 Å². The summed E-state index contributed by atoms with van der Waals surface area (Å²) < 4.78 is 43.0. The highest BCUT2D eigenvalue weighted by Gasteiger charge is 2.56.